The summed E-state index contributed by atoms with van der Waals surface area (Å²) in [6.45, 7) is 0. The number of aromatic nitrogens is 1. The van der Waals surface area contributed by atoms with Gasteiger partial charge in [-0.2, -0.15) is 0 Å². The lowest BCUT2D eigenvalue weighted by atomic mass is 9.88. The molecule has 0 amide bonds. The third kappa shape index (κ3) is 5.33. The van der Waals surface area contributed by atoms with Crippen molar-refractivity contribution in [2.45, 2.75) is 48.7 Å². The summed E-state index contributed by atoms with van der Waals surface area (Å²) in [6.07, 6.45) is -3.67. The highest BCUT2D eigenvalue weighted by atomic mass is 79.9. The molecule has 0 aliphatic heterocycles. The summed E-state index contributed by atoms with van der Waals surface area (Å²) in [5.74, 6) is -0.415. The zero-order valence-corrected chi connectivity index (χ0v) is 24.1. The quantitative estimate of drug-likeness (QED) is 0.233. The SMILES string of the molecule is CN=S(=O)(NC1CCCC(n2c3ccc(Br)cc3c3cc(Br)ccc32)C1O)c1ccc(OC(F)(F)F)cc1. The Balaban J connectivity index is 1.48. The van der Waals surface area contributed by atoms with Gasteiger partial charge in [-0.15, -0.1) is 13.2 Å². The van der Waals surface area contributed by atoms with Gasteiger partial charge in [-0.25, -0.2) is 13.3 Å². The minimum absolute atomic E-state index is 0.204. The van der Waals surface area contributed by atoms with Crippen LogP contribution in [-0.2, 0) is 9.92 Å². The molecule has 1 aromatic heterocycles. The molecule has 0 saturated heterocycles. The number of nitrogens with one attached hydrogen (secondary N) is 1. The molecular weight excluding hydrogens is 651 g/mol. The van der Waals surface area contributed by atoms with E-state index in [4.69, 9.17) is 0 Å². The molecule has 2 N–H and O–H groups in total. The fraction of sp³-hybridized carbons (Fsp3) is 0.308. The molecule has 1 aliphatic rings. The minimum atomic E-state index is -4.82. The molecule has 1 heterocycles. The van der Waals surface area contributed by atoms with E-state index in [1.807, 2.05) is 24.3 Å². The van der Waals surface area contributed by atoms with E-state index in [2.05, 4.69) is 62.4 Å². The van der Waals surface area contributed by atoms with E-state index in [-0.39, 0.29) is 10.9 Å². The van der Waals surface area contributed by atoms with Crippen LogP contribution in [0.3, 0.4) is 0 Å². The fourth-order valence-electron chi connectivity index (χ4n) is 5.18. The largest absolute Gasteiger partial charge is 0.573 e. The highest BCUT2D eigenvalue weighted by Gasteiger charge is 2.37. The fourth-order valence-corrected chi connectivity index (χ4v) is 7.53. The van der Waals surface area contributed by atoms with E-state index in [0.29, 0.717) is 6.42 Å². The summed E-state index contributed by atoms with van der Waals surface area (Å²) in [5.41, 5.74) is 1.96. The summed E-state index contributed by atoms with van der Waals surface area (Å²) < 4.78 is 66.5. The second-order valence-electron chi connectivity index (χ2n) is 9.13. The van der Waals surface area contributed by atoms with Crippen LogP contribution in [0.15, 0.2) is 78.9 Å². The summed E-state index contributed by atoms with van der Waals surface area (Å²) in [5, 5.41) is 13.7. The number of fused-ring (bicyclic) bond motifs is 3. The first-order valence-corrected chi connectivity index (χ1v) is 14.9. The van der Waals surface area contributed by atoms with Gasteiger partial charge < -0.3 is 14.4 Å². The molecule has 4 atom stereocenters. The Labute approximate surface area is 234 Å². The Morgan fingerprint density at radius 2 is 1.58 bits per heavy atom. The average Bonchev–Trinajstić information content (AvgIpc) is 3.17. The summed E-state index contributed by atoms with van der Waals surface area (Å²) in [6, 6.07) is 16.0. The molecule has 6 nitrogen and oxygen atoms in total. The van der Waals surface area contributed by atoms with Gasteiger partial charge in [0.05, 0.1) is 17.0 Å². The van der Waals surface area contributed by atoms with Crippen LogP contribution in [0.25, 0.3) is 21.8 Å². The zero-order chi connectivity index (χ0) is 27.2. The first-order valence-electron chi connectivity index (χ1n) is 11.8. The second-order valence-corrected chi connectivity index (χ2v) is 13.1. The maximum Gasteiger partial charge on any atom is 0.573 e. The smallest absolute Gasteiger partial charge is 0.406 e. The predicted octanol–water partition coefficient (Wildman–Crippen LogP) is 7.33. The molecule has 4 aromatic rings. The van der Waals surface area contributed by atoms with Crippen molar-refractivity contribution in [3.8, 4) is 5.75 Å². The lowest BCUT2D eigenvalue weighted by Crippen LogP contribution is -2.49. The standard InChI is InChI=1S/C26H24Br2F3N3O3S/c1-32-38(36,18-9-7-17(8-10-18)37-26(29,30)31)33-21-3-2-4-24(25(21)35)34-22-11-5-15(27)13-19(22)20-14-16(28)6-12-23(20)34/h5-14,21,24-25,35H,2-4H2,1H3,(H,32,33,36). The maximum atomic E-state index is 13.8. The van der Waals surface area contributed by atoms with Crippen molar-refractivity contribution in [2.75, 3.05) is 7.05 Å². The molecule has 3 aromatic carbocycles. The molecule has 38 heavy (non-hydrogen) atoms. The molecule has 1 saturated carbocycles. The van der Waals surface area contributed by atoms with Crippen LogP contribution in [0.4, 0.5) is 13.2 Å². The Morgan fingerprint density at radius 1 is 1.00 bits per heavy atom. The van der Waals surface area contributed by atoms with Crippen LogP contribution in [-0.4, -0.2) is 39.4 Å². The van der Waals surface area contributed by atoms with Gasteiger partial charge in [0.15, 0.2) is 0 Å². The Bertz CT molecular complexity index is 1560. The lowest BCUT2D eigenvalue weighted by molar-refractivity contribution is -0.274. The van der Waals surface area contributed by atoms with Gasteiger partial charge in [0.1, 0.15) is 15.7 Å². The lowest BCUT2D eigenvalue weighted by Gasteiger charge is -2.37. The zero-order valence-electron chi connectivity index (χ0n) is 20.1. The first-order chi connectivity index (χ1) is 18.0. The first kappa shape index (κ1) is 27.4. The molecular formula is C26H24Br2F3N3O3S. The molecule has 12 heteroatoms. The Hall–Kier alpha value is -2.12. The van der Waals surface area contributed by atoms with Crippen molar-refractivity contribution in [1.29, 1.82) is 0 Å². The normalized spacial score (nSPS) is 21.9. The van der Waals surface area contributed by atoms with Crippen LogP contribution in [0.1, 0.15) is 25.3 Å². The molecule has 0 bridgehead atoms. The van der Waals surface area contributed by atoms with Gasteiger partial charge >= 0.3 is 6.36 Å². The van der Waals surface area contributed by atoms with Crippen molar-refractivity contribution in [3.63, 3.8) is 0 Å². The minimum Gasteiger partial charge on any atom is -0.406 e. The molecule has 202 valence electrons. The average molecular weight is 675 g/mol. The van der Waals surface area contributed by atoms with Crippen molar-refractivity contribution in [2.24, 2.45) is 4.36 Å². The van der Waals surface area contributed by atoms with E-state index < -0.39 is 34.2 Å². The van der Waals surface area contributed by atoms with E-state index in [0.717, 1.165) is 55.7 Å². The summed E-state index contributed by atoms with van der Waals surface area (Å²) >= 11 is 7.12. The second kappa shape index (κ2) is 10.5. The van der Waals surface area contributed by atoms with Crippen molar-refractivity contribution in [3.05, 3.63) is 69.6 Å². The van der Waals surface area contributed by atoms with E-state index in [1.165, 1.54) is 19.2 Å². The topological polar surface area (TPSA) is 75.9 Å². The number of aliphatic hydroxyl groups excluding tert-OH is 1. The highest BCUT2D eigenvalue weighted by molar-refractivity contribution is 9.10. The van der Waals surface area contributed by atoms with Crippen molar-refractivity contribution < 1.29 is 27.2 Å². The van der Waals surface area contributed by atoms with Crippen molar-refractivity contribution >= 4 is 63.6 Å². The van der Waals surface area contributed by atoms with Gasteiger partial charge in [-0.05, 0) is 79.9 Å². The monoisotopic (exact) mass is 673 g/mol. The van der Waals surface area contributed by atoms with Crippen molar-refractivity contribution in [1.82, 2.24) is 9.29 Å². The molecule has 1 aliphatic carbocycles. The molecule has 0 radical (unpaired) electrons. The van der Waals surface area contributed by atoms with Crippen LogP contribution in [0.2, 0.25) is 0 Å². The Morgan fingerprint density at radius 3 is 2.11 bits per heavy atom. The van der Waals surface area contributed by atoms with E-state index >= 15 is 0 Å². The number of halogens is 5. The van der Waals surface area contributed by atoms with Gasteiger partial charge in [0.2, 0.25) is 0 Å². The third-order valence-corrected chi connectivity index (χ3v) is 9.86. The van der Waals surface area contributed by atoms with Gasteiger partial charge in [0, 0.05) is 43.8 Å². The predicted molar refractivity (Wildman–Crippen MR) is 149 cm³/mol. The van der Waals surface area contributed by atoms with Crippen LogP contribution >= 0.6 is 31.9 Å². The third-order valence-electron chi connectivity index (χ3n) is 6.82. The van der Waals surface area contributed by atoms with E-state index in [9.17, 15) is 22.5 Å². The number of rotatable bonds is 5. The summed E-state index contributed by atoms with van der Waals surface area (Å²) in [4.78, 5) is 0.204. The van der Waals surface area contributed by atoms with Gasteiger partial charge in [-0.1, -0.05) is 31.9 Å². The maximum absolute atomic E-state index is 13.8. The Kier molecular flexibility index (Phi) is 7.55. The van der Waals surface area contributed by atoms with Gasteiger partial charge in [0.25, 0.3) is 0 Å². The van der Waals surface area contributed by atoms with Gasteiger partial charge in [-0.3, -0.25) is 0 Å². The number of alkyl halides is 3. The molecule has 0 spiro atoms. The number of benzene rings is 3. The number of hydrogen-bond donors (Lipinski definition) is 2. The number of ether oxygens (including phenoxy) is 1. The molecule has 4 unspecified atom stereocenters. The molecule has 5 rings (SSSR count). The van der Waals surface area contributed by atoms with Crippen LogP contribution in [0, 0.1) is 0 Å². The highest BCUT2D eigenvalue weighted by Crippen LogP contribution is 2.40. The number of nitrogens with zero attached hydrogens (tertiary/aromatic N) is 2. The van der Waals surface area contributed by atoms with E-state index in [1.54, 1.807) is 0 Å². The summed E-state index contributed by atoms with van der Waals surface area (Å²) in [7, 11) is -1.85. The molecule has 1 fully saturated rings. The number of hydrogen-bond acceptors (Lipinski definition) is 4. The number of aliphatic hydroxyl groups is 1. The van der Waals surface area contributed by atoms with Crippen LogP contribution in [0.5, 0.6) is 5.75 Å². The van der Waals surface area contributed by atoms with Crippen LogP contribution < -0.4 is 9.46 Å².